The number of ether oxygens (including phenoxy) is 1. The number of amides is 1. The summed E-state index contributed by atoms with van der Waals surface area (Å²) in [4.78, 5) is 18.9. The third kappa shape index (κ3) is 3.80. The second-order valence-corrected chi connectivity index (χ2v) is 7.23. The highest BCUT2D eigenvalue weighted by Crippen LogP contribution is 2.34. The van der Waals surface area contributed by atoms with Crippen LogP contribution in [-0.4, -0.2) is 17.4 Å². The lowest BCUT2D eigenvalue weighted by Gasteiger charge is -2.31. The average molecular weight is 415 g/mol. The number of aryl methyl sites for hydroxylation is 2. The summed E-state index contributed by atoms with van der Waals surface area (Å²) in [6.45, 7) is 2.45. The van der Waals surface area contributed by atoms with E-state index >= 15 is 0 Å². The normalized spacial score (nSPS) is 13.2. The molecule has 4 nitrogen and oxygen atoms in total. The van der Waals surface area contributed by atoms with E-state index in [-0.39, 0.29) is 22.2 Å². The number of nitrogens with zero attached hydrogens (tertiary/aromatic N) is 2. The predicted molar refractivity (Wildman–Crippen MR) is 107 cm³/mol. The van der Waals surface area contributed by atoms with Crippen molar-refractivity contribution in [1.82, 2.24) is 4.98 Å². The van der Waals surface area contributed by atoms with Crippen LogP contribution in [0, 0.1) is 18.6 Å². The van der Waals surface area contributed by atoms with Crippen LogP contribution in [-0.2, 0) is 6.42 Å². The van der Waals surface area contributed by atoms with E-state index in [2.05, 4.69) is 4.98 Å². The summed E-state index contributed by atoms with van der Waals surface area (Å²) < 4.78 is 33.0. The van der Waals surface area contributed by atoms with Crippen LogP contribution in [0.3, 0.4) is 0 Å². The second-order valence-electron chi connectivity index (χ2n) is 6.83. The molecule has 1 amide bonds. The molecule has 148 valence electrons. The van der Waals surface area contributed by atoms with E-state index in [1.165, 1.54) is 12.1 Å². The summed E-state index contributed by atoms with van der Waals surface area (Å²) in [6, 6.07) is 10.8. The quantitative estimate of drug-likeness (QED) is 0.551. The maximum Gasteiger partial charge on any atom is 0.263 e. The predicted octanol–water partition coefficient (Wildman–Crippen LogP) is 5.71. The molecule has 0 unspecified atom stereocenters. The molecule has 0 N–H and O–H groups in total. The zero-order valence-corrected chi connectivity index (χ0v) is 16.3. The molecule has 29 heavy (non-hydrogen) atoms. The van der Waals surface area contributed by atoms with Crippen LogP contribution in [0.5, 0.6) is 11.6 Å². The number of aromatic nitrogens is 1. The van der Waals surface area contributed by atoms with Gasteiger partial charge < -0.3 is 9.64 Å². The van der Waals surface area contributed by atoms with Gasteiger partial charge in [0.05, 0.1) is 16.9 Å². The summed E-state index contributed by atoms with van der Waals surface area (Å²) >= 11 is 5.79. The van der Waals surface area contributed by atoms with Crippen molar-refractivity contribution in [2.75, 3.05) is 11.4 Å². The SMILES string of the molecule is Cc1cccc2c1N(C(=O)c1cc(F)cnc1Oc1ccc(F)c(Cl)c1)CCC2. The Hall–Kier alpha value is -2.99. The maximum atomic E-state index is 13.9. The lowest BCUT2D eigenvalue weighted by molar-refractivity contribution is 0.0981. The van der Waals surface area contributed by atoms with Crippen molar-refractivity contribution in [1.29, 1.82) is 0 Å². The second kappa shape index (κ2) is 7.79. The van der Waals surface area contributed by atoms with Crippen molar-refractivity contribution in [3.05, 3.63) is 82.0 Å². The lowest BCUT2D eigenvalue weighted by Crippen LogP contribution is -2.36. The van der Waals surface area contributed by atoms with Gasteiger partial charge in [-0.25, -0.2) is 13.8 Å². The monoisotopic (exact) mass is 414 g/mol. The molecule has 0 fully saturated rings. The van der Waals surface area contributed by atoms with Crippen LogP contribution in [0.2, 0.25) is 5.02 Å². The Morgan fingerprint density at radius 2 is 2.03 bits per heavy atom. The van der Waals surface area contributed by atoms with Crippen LogP contribution < -0.4 is 9.64 Å². The smallest absolute Gasteiger partial charge is 0.263 e. The molecule has 0 atom stereocenters. The number of halogens is 3. The van der Waals surface area contributed by atoms with E-state index in [1.54, 1.807) is 4.90 Å². The maximum absolute atomic E-state index is 13.9. The Kier molecular flexibility index (Phi) is 5.20. The van der Waals surface area contributed by atoms with Crippen molar-refractivity contribution in [2.45, 2.75) is 19.8 Å². The molecule has 7 heteroatoms. The van der Waals surface area contributed by atoms with E-state index in [0.29, 0.717) is 6.54 Å². The molecule has 0 aliphatic carbocycles. The molecule has 1 aromatic heterocycles. The minimum Gasteiger partial charge on any atom is -0.438 e. The highest BCUT2D eigenvalue weighted by molar-refractivity contribution is 6.30. The fourth-order valence-corrected chi connectivity index (χ4v) is 3.68. The van der Waals surface area contributed by atoms with E-state index < -0.39 is 17.5 Å². The summed E-state index contributed by atoms with van der Waals surface area (Å²) in [5.74, 6) is -1.53. The number of fused-ring (bicyclic) bond motifs is 1. The Morgan fingerprint density at radius 3 is 2.83 bits per heavy atom. The van der Waals surface area contributed by atoms with Crippen molar-refractivity contribution in [2.24, 2.45) is 0 Å². The van der Waals surface area contributed by atoms with Crippen molar-refractivity contribution in [3.8, 4) is 11.6 Å². The molecule has 0 radical (unpaired) electrons. The Balaban J connectivity index is 1.73. The fourth-order valence-electron chi connectivity index (χ4n) is 3.51. The Bertz CT molecular complexity index is 1100. The van der Waals surface area contributed by atoms with Gasteiger partial charge in [0.2, 0.25) is 5.88 Å². The number of pyridine rings is 1. The van der Waals surface area contributed by atoms with E-state index in [9.17, 15) is 13.6 Å². The zero-order valence-electron chi connectivity index (χ0n) is 15.6. The standard InChI is InChI=1S/C22H17ClF2N2O2/c1-13-4-2-5-14-6-3-9-27(20(13)14)22(28)17-10-15(24)12-26-21(17)29-16-7-8-19(25)18(23)11-16/h2,4-5,7-8,10-12H,3,6,9H2,1H3. The first-order chi connectivity index (χ1) is 13.9. The lowest BCUT2D eigenvalue weighted by atomic mass is 9.97. The van der Waals surface area contributed by atoms with Gasteiger partial charge in [0.15, 0.2) is 0 Å². The number of carbonyl (C=O) groups excluding carboxylic acids is 1. The molecule has 2 heterocycles. The first-order valence-corrected chi connectivity index (χ1v) is 9.50. The number of hydrogen-bond donors (Lipinski definition) is 0. The van der Waals surface area contributed by atoms with Crippen LogP contribution in [0.1, 0.15) is 27.9 Å². The van der Waals surface area contributed by atoms with Gasteiger partial charge in [-0.1, -0.05) is 29.8 Å². The number of carbonyl (C=O) groups is 1. The molecule has 3 aromatic rings. The third-order valence-electron chi connectivity index (χ3n) is 4.82. The molecule has 2 aromatic carbocycles. The van der Waals surface area contributed by atoms with Gasteiger partial charge in [0.1, 0.15) is 22.9 Å². The van der Waals surface area contributed by atoms with Crippen LogP contribution >= 0.6 is 11.6 Å². The van der Waals surface area contributed by atoms with Crippen molar-refractivity contribution in [3.63, 3.8) is 0 Å². The molecule has 4 rings (SSSR count). The van der Waals surface area contributed by atoms with E-state index in [1.807, 2.05) is 25.1 Å². The van der Waals surface area contributed by atoms with Gasteiger partial charge in [-0.2, -0.15) is 0 Å². The number of rotatable bonds is 3. The fraction of sp³-hybridized carbons (Fsp3) is 0.182. The highest BCUT2D eigenvalue weighted by Gasteiger charge is 2.28. The molecule has 1 aliphatic heterocycles. The molecular weight excluding hydrogens is 398 g/mol. The van der Waals surface area contributed by atoms with Gasteiger partial charge in [0, 0.05) is 12.6 Å². The zero-order chi connectivity index (χ0) is 20.5. The van der Waals surface area contributed by atoms with Gasteiger partial charge in [0.25, 0.3) is 5.91 Å². The van der Waals surface area contributed by atoms with Gasteiger partial charge in [-0.15, -0.1) is 0 Å². The van der Waals surface area contributed by atoms with Crippen molar-refractivity contribution < 1.29 is 18.3 Å². The van der Waals surface area contributed by atoms with Crippen LogP contribution in [0.15, 0.2) is 48.7 Å². The molecule has 0 saturated heterocycles. The largest absolute Gasteiger partial charge is 0.438 e. The van der Waals surface area contributed by atoms with Gasteiger partial charge >= 0.3 is 0 Å². The van der Waals surface area contributed by atoms with Crippen LogP contribution in [0.4, 0.5) is 14.5 Å². The Labute approximate surface area is 171 Å². The van der Waals surface area contributed by atoms with E-state index in [4.69, 9.17) is 16.3 Å². The average Bonchev–Trinajstić information content (AvgIpc) is 2.71. The first kappa shape index (κ1) is 19.3. The third-order valence-corrected chi connectivity index (χ3v) is 5.11. The molecular formula is C22H17ClF2N2O2. The Morgan fingerprint density at radius 1 is 1.21 bits per heavy atom. The van der Waals surface area contributed by atoms with E-state index in [0.717, 1.165) is 48.0 Å². The van der Waals surface area contributed by atoms with Gasteiger partial charge in [-0.05, 0) is 49.1 Å². The number of benzene rings is 2. The van der Waals surface area contributed by atoms with Gasteiger partial charge in [-0.3, -0.25) is 4.79 Å². The van der Waals surface area contributed by atoms with Crippen molar-refractivity contribution >= 4 is 23.2 Å². The highest BCUT2D eigenvalue weighted by atomic mass is 35.5. The number of para-hydroxylation sites is 1. The molecule has 0 spiro atoms. The summed E-state index contributed by atoms with van der Waals surface area (Å²) in [7, 11) is 0. The minimum absolute atomic E-state index is 0.0125. The summed E-state index contributed by atoms with van der Waals surface area (Å²) in [5, 5.41) is -0.127. The molecule has 0 saturated carbocycles. The molecule has 1 aliphatic rings. The topological polar surface area (TPSA) is 42.4 Å². The number of hydrogen-bond acceptors (Lipinski definition) is 3. The summed E-state index contributed by atoms with van der Waals surface area (Å²) in [6.07, 6.45) is 2.64. The first-order valence-electron chi connectivity index (χ1n) is 9.13. The summed E-state index contributed by atoms with van der Waals surface area (Å²) in [5.41, 5.74) is 2.86. The number of anilines is 1. The molecule has 0 bridgehead atoms. The minimum atomic E-state index is -0.653. The van der Waals surface area contributed by atoms with Crippen LogP contribution in [0.25, 0.3) is 0 Å².